The summed E-state index contributed by atoms with van der Waals surface area (Å²) in [6.07, 6.45) is 2.19. The van der Waals surface area contributed by atoms with Gasteiger partial charge in [-0.15, -0.1) is 11.3 Å². The normalized spacial score (nSPS) is 17.6. The summed E-state index contributed by atoms with van der Waals surface area (Å²) < 4.78 is 41.0. The first-order valence-electron chi connectivity index (χ1n) is 12.2. The quantitative estimate of drug-likeness (QED) is 0.327. The van der Waals surface area contributed by atoms with Crippen LogP contribution in [0.2, 0.25) is 0 Å². The van der Waals surface area contributed by atoms with Gasteiger partial charge in [0.15, 0.2) is 20.7 Å². The lowest BCUT2D eigenvalue weighted by Gasteiger charge is -2.25. The number of hydrazone groups is 1. The smallest absolute Gasteiger partial charge is 0.278 e. The average molecular weight is 552 g/mol. The van der Waals surface area contributed by atoms with Gasteiger partial charge in [0.25, 0.3) is 5.91 Å². The Balaban J connectivity index is 1.49. The molecule has 0 atom stereocenters. The average Bonchev–Trinajstić information content (AvgIpc) is 3.35. The van der Waals surface area contributed by atoms with Crippen molar-refractivity contribution in [1.29, 1.82) is 0 Å². The second kappa shape index (κ2) is 13.4. The number of carbonyl (C=O) groups is 1. The van der Waals surface area contributed by atoms with Gasteiger partial charge in [-0.2, -0.15) is 5.10 Å². The molecule has 0 bridgehead atoms. The maximum Gasteiger partial charge on any atom is 0.278 e. The van der Waals surface area contributed by atoms with Crippen molar-refractivity contribution in [3.8, 4) is 0 Å². The molecule has 13 heteroatoms. The monoisotopic (exact) mass is 551 g/mol. The van der Waals surface area contributed by atoms with Gasteiger partial charge in [-0.3, -0.25) is 20.0 Å². The summed E-state index contributed by atoms with van der Waals surface area (Å²) >= 11 is 1.43. The molecule has 1 amide bonds. The zero-order valence-electron chi connectivity index (χ0n) is 20.9. The molecule has 1 aromatic carbocycles. The molecule has 0 radical (unpaired) electrons. The van der Waals surface area contributed by atoms with Gasteiger partial charge in [0.2, 0.25) is 0 Å². The summed E-state index contributed by atoms with van der Waals surface area (Å²) in [6, 6.07) is 6.27. The van der Waals surface area contributed by atoms with Crippen LogP contribution >= 0.6 is 11.3 Å². The topological polar surface area (TPSA) is 123 Å². The van der Waals surface area contributed by atoms with Gasteiger partial charge in [-0.05, 0) is 18.6 Å². The molecule has 2 aliphatic heterocycles. The Morgan fingerprint density at radius 2 is 1.78 bits per heavy atom. The summed E-state index contributed by atoms with van der Waals surface area (Å²) in [6.45, 7) is 6.47. The third kappa shape index (κ3) is 8.03. The molecule has 1 N–H and O–H groups in total. The lowest BCUT2D eigenvalue weighted by atomic mass is 10.1. The van der Waals surface area contributed by atoms with Gasteiger partial charge >= 0.3 is 0 Å². The third-order valence-electron chi connectivity index (χ3n) is 5.95. The number of amides is 1. The molecule has 1 aromatic heterocycles. The minimum Gasteiger partial charge on any atom is -0.385 e. The second-order valence-electron chi connectivity index (χ2n) is 8.68. The number of hydrogen-bond acceptors (Lipinski definition) is 11. The van der Waals surface area contributed by atoms with Crippen LogP contribution < -0.4 is 5.32 Å². The first-order chi connectivity index (χ1) is 17.9. The first-order valence-corrected chi connectivity index (χ1v) is 14.7. The predicted octanol–water partition coefficient (Wildman–Crippen LogP) is 1.46. The van der Waals surface area contributed by atoms with Crippen LogP contribution in [-0.4, -0.2) is 107 Å². The number of nitrogens with one attached hydrogen (secondary N) is 1. The molecule has 2 aliphatic rings. The van der Waals surface area contributed by atoms with Crippen molar-refractivity contribution in [3.63, 3.8) is 0 Å². The number of anilines is 1. The molecule has 37 heavy (non-hydrogen) atoms. The fourth-order valence-corrected chi connectivity index (χ4v) is 6.07. The minimum atomic E-state index is -3.45. The van der Waals surface area contributed by atoms with Gasteiger partial charge < -0.3 is 14.2 Å². The Bertz CT molecular complexity index is 1160. The molecule has 2 aromatic rings. The third-order valence-corrected chi connectivity index (χ3v) is 8.66. The van der Waals surface area contributed by atoms with Crippen molar-refractivity contribution < 1.29 is 27.4 Å². The second-order valence-corrected chi connectivity index (χ2v) is 11.9. The number of methoxy groups -OCH3 is 1. The van der Waals surface area contributed by atoms with Crippen LogP contribution in [-0.2, 0) is 35.4 Å². The van der Waals surface area contributed by atoms with E-state index >= 15 is 0 Å². The van der Waals surface area contributed by atoms with Gasteiger partial charge in [-0.1, -0.05) is 12.1 Å². The van der Waals surface area contributed by atoms with Crippen molar-refractivity contribution >= 4 is 37.9 Å². The molecule has 202 valence electrons. The zero-order valence-corrected chi connectivity index (χ0v) is 22.6. The molecule has 0 spiro atoms. The SMILES string of the molecule is COCCCS(=O)(=O)c1ccc(/C(=N\N2CCOCC2)C(=O)Nc2ncc(CN3CCOCC3)s2)cc1. The van der Waals surface area contributed by atoms with E-state index in [9.17, 15) is 13.2 Å². The Kier molecular flexibility index (Phi) is 10.00. The van der Waals surface area contributed by atoms with Crippen LogP contribution in [0.5, 0.6) is 0 Å². The largest absolute Gasteiger partial charge is 0.385 e. The number of carbonyl (C=O) groups excluding carboxylic acids is 1. The Morgan fingerprint density at radius 1 is 1.11 bits per heavy atom. The Morgan fingerprint density at radius 3 is 2.46 bits per heavy atom. The lowest BCUT2D eigenvalue weighted by molar-refractivity contribution is -0.110. The zero-order chi connectivity index (χ0) is 26.1. The molecule has 11 nitrogen and oxygen atoms in total. The van der Waals surface area contributed by atoms with E-state index in [1.807, 2.05) is 0 Å². The molecule has 2 fully saturated rings. The maximum atomic E-state index is 13.4. The van der Waals surface area contributed by atoms with Crippen LogP contribution in [0.15, 0.2) is 40.5 Å². The predicted molar refractivity (Wildman–Crippen MR) is 141 cm³/mol. The van der Waals surface area contributed by atoms with E-state index in [-0.39, 0.29) is 16.4 Å². The summed E-state index contributed by atoms with van der Waals surface area (Å²) in [5.74, 6) is -0.416. The van der Waals surface area contributed by atoms with Crippen LogP contribution in [0.4, 0.5) is 5.13 Å². The highest BCUT2D eigenvalue weighted by Crippen LogP contribution is 2.21. The number of nitrogens with zero attached hydrogens (tertiary/aromatic N) is 4. The van der Waals surface area contributed by atoms with Gasteiger partial charge in [-0.25, -0.2) is 13.4 Å². The van der Waals surface area contributed by atoms with Crippen LogP contribution in [0.25, 0.3) is 0 Å². The highest BCUT2D eigenvalue weighted by atomic mass is 32.2. The fourth-order valence-electron chi connectivity index (χ4n) is 3.94. The van der Waals surface area contributed by atoms with E-state index in [4.69, 9.17) is 14.2 Å². The number of aromatic nitrogens is 1. The number of hydrogen-bond donors (Lipinski definition) is 1. The Hall–Kier alpha value is -2.42. The molecule has 4 rings (SSSR count). The van der Waals surface area contributed by atoms with Crippen molar-refractivity contribution in [2.45, 2.75) is 17.9 Å². The molecule has 0 unspecified atom stereocenters. The van der Waals surface area contributed by atoms with Gasteiger partial charge in [0.05, 0.1) is 50.2 Å². The highest BCUT2D eigenvalue weighted by Gasteiger charge is 2.21. The number of sulfone groups is 1. The molecule has 0 saturated carbocycles. The first kappa shape index (κ1) is 27.6. The van der Waals surface area contributed by atoms with Crippen LogP contribution in [0.1, 0.15) is 16.9 Å². The van der Waals surface area contributed by atoms with Crippen molar-refractivity contribution in [2.75, 3.05) is 77.4 Å². The summed E-state index contributed by atoms with van der Waals surface area (Å²) in [7, 11) is -1.91. The van der Waals surface area contributed by atoms with E-state index in [2.05, 4.69) is 20.3 Å². The van der Waals surface area contributed by atoms with E-state index in [0.717, 1.165) is 37.7 Å². The molecular weight excluding hydrogens is 518 g/mol. The highest BCUT2D eigenvalue weighted by molar-refractivity contribution is 7.91. The summed E-state index contributed by atoms with van der Waals surface area (Å²) in [4.78, 5) is 21.3. The number of rotatable bonds is 11. The van der Waals surface area contributed by atoms with Crippen LogP contribution in [0, 0.1) is 0 Å². The van der Waals surface area contributed by atoms with Crippen molar-refractivity contribution in [2.24, 2.45) is 5.10 Å². The molecular formula is C24H33N5O6S2. The van der Waals surface area contributed by atoms with Crippen LogP contribution in [0.3, 0.4) is 0 Å². The molecule has 0 aliphatic carbocycles. The molecule has 2 saturated heterocycles. The standard InChI is InChI=1S/C24H33N5O6S2/c1-33-11-2-16-37(31,32)21-5-3-19(4-6-21)22(27-29-9-14-35-15-10-29)23(30)26-24-25-17-20(36-24)18-28-7-12-34-13-8-28/h3-6,17H,2,7-16,18H2,1H3,(H,25,26,30)/b27-22+. The maximum absolute atomic E-state index is 13.4. The Labute approximate surface area is 221 Å². The number of morpholine rings is 2. The van der Waals surface area contributed by atoms with E-state index < -0.39 is 15.7 Å². The number of thiazole rings is 1. The van der Waals surface area contributed by atoms with E-state index in [1.54, 1.807) is 30.4 Å². The van der Waals surface area contributed by atoms with Crippen molar-refractivity contribution in [3.05, 3.63) is 40.9 Å². The molecule has 3 heterocycles. The van der Waals surface area contributed by atoms with Crippen molar-refractivity contribution in [1.82, 2.24) is 14.9 Å². The van der Waals surface area contributed by atoms with E-state index in [1.165, 1.54) is 23.5 Å². The summed E-state index contributed by atoms with van der Waals surface area (Å²) in [5.41, 5.74) is 0.708. The number of benzene rings is 1. The summed E-state index contributed by atoms with van der Waals surface area (Å²) in [5, 5.41) is 9.75. The minimum absolute atomic E-state index is 0.00771. The van der Waals surface area contributed by atoms with Gasteiger partial charge in [0.1, 0.15) is 0 Å². The number of ether oxygens (including phenoxy) is 3. The van der Waals surface area contributed by atoms with E-state index in [0.29, 0.717) is 50.0 Å². The van der Waals surface area contributed by atoms with Gasteiger partial charge in [0, 0.05) is 50.0 Å². The lowest BCUT2D eigenvalue weighted by Crippen LogP contribution is -2.35. The fraction of sp³-hybridized carbons (Fsp3) is 0.542.